The van der Waals surface area contributed by atoms with Gasteiger partial charge in [-0.3, -0.25) is 0 Å². The maximum Gasteiger partial charge on any atom is 0.339 e. The van der Waals surface area contributed by atoms with Gasteiger partial charge in [0.25, 0.3) is 0 Å². The highest BCUT2D eigenvalue weighted by Crippen LogP contribution is 2.34. The number of hydrogen-bond acceptors (Lipinski definition) is 4. The lowest BCUT2D eigenvalue weighted by Gasteiger charge is -2.26. The van der Waals surface area contributed by atoms with Crippen molar-refractivity contribution >= 4 is 11.9 Å². The van der Waals surface area contributed by atoms with Gasteiger partial charge in [0, 0.05) is 11.1 Å². The second-order valence-electron chi connectivity index (χ2n) is 7.25. The van der Waals surface area contributed by atoms with Crippen LogP contribution in [0.1, 0.15) is 96.4 Å². The molecule has 1 heterocycles. The lowest BCUT2D eigenvalue weighted by Crippen LogP contribution is -2.22. The van der Waals surface area contributed by atoms with Crippen LogP contribution >= 0.6 is 0 Å². The van der Waals surface area contributed by atoms with Gasteiger partial charge in [-0.05, 0) is 37.8 Å². The molecule has 148 valence electrons. The van der Waals surface area contributed by atoms with Crippen molar-refractivity contribution in [3.8, 4) is 0 Å². The largest absolute Gasteiger partial charge is 0.454 e. The molecule has 0 aliphatic carbocycles. The number of carbonyl (C=O) groups excluding carboxylic acids is 2. The normalized spacial score (nSPS) is 19.2. The van der Waals surface area contributed by atoms with Crippen LogP contribution in [-0.2, 0) is 9.47 Å². The molecule has 2 atom stereocenters. The predicted molar refractivity (Wildman–Crippen MR) is 108 cm³/mol. The molecular weight excluding hydrogens is 352 g/mol. The fourth-order valence-electron chi connectivity index (χ4n) is 3.65. The van der Waals surface area contributed by atoms with Crippen LogP contribution in [0.25, 0.3) is 0 Å². The van der Waals surface area contributed by atoms with Gasteiger partial charge < -0.3 is 9.47 Å². The molecule has 2 aromatic carbocycles. The third kappa shape index (κ3) is 4.44. The Morgan fingerprint density at radius 1 is 0.679 bits per heavy atom. The fourth-order valence-corrected chi connectivity index (χ4v) is 3.65. The minimum Gasteiger partial charge on any atom is -0.454 e. The van der Waals surface area contributed by atoms with Crippen molar-refractivity contribution in [3.63, 3.8) is 0 Å². The third-order valence-corrected chi connectivity index (χ3v) is 5.19. The van der Waals surface area contributed by atoms with E-state index in [1.807, 2.05) is 36.4 Å². The van der Waals surface area contributed by atoms with Gasteiger partial charge >= 0.3 is 11.9 Å². The Kier molecular flexibility index (Phi) is 6.85. The Balaban J connectivity index is 2.07. The van der Waals surface area contributed by atoms with E-state index in [1.165, 1.54) is 0 Å². The number of rotatable bonds is 6. The van der Waals surface area contributed by atoms with Gasteiger partial charge in [0.15, 0.2) is 0 Å². The van der Waals surface area contributed by atoms with Crippen molar-refractivity contribution in [1.82, 2.24) is 0 Å². The summed E-state index contributed by atoms with van der Waals surface area (Å²) in [6.45, 7) is 4.19. The van der Waals surface area contributed by atoms with Crippen molar-refractivity contribution in [2.45, 2.75) is 64.6 Å². The van der Waals surface area contributed by atoms with Gasteiger partial charge in [0.2, 0.25) is 0 Å². The summed E-state index contributed by atoms with van der Waals surface area (Å²) in [4.78, 5) is 26.1. The molecule has 3 rings (SSSR count). The van der Waals surface area contributed by atoms with E-state index in [0.717, 1.165) is 36.8 Å². The summed E-state index contributed by atoms with van der Waals surface area (Å²) < 4.78 is 11.9. The standard InChI is InChI=1S/C24H28O4/c1-3-5-15-21-17-11-7-9-13-19(17)24(26)28-22(16-6-4-2)18-12-8-10-14-20(18)23(25)27-21/h7-14,21-22H,3-6,15-16H2,1-2H3. The molecule has 0 bridgehead atoms. The van der Waals surface area contributed by atoms with Crippen molar-refractivity contribution < 1.29 is 19.1 Å². The quantitative estimate of drug-likeness (QED) is 0.562. The molecule has 0 radical (unpaired) electrons. The van der Waals surface area contributed by atoms with Crippen LogP contribution in [0.15, 0.2) is 48.5 Å². The first-order chi connectivity index (χ1) is 13.7. The number of ether oxygens (including phenoxy) is 2. The number of cyclic esters (lactones) is 2. The summed E-state index contributed by atoms with van der Waals surface area (Å²) in [5.74, 6) is -0.711. The Hall–Kier alpha value is -2.62. The molecule has 0 saturated heterocycles. The molecule has 4 heteroatoms. The topological polar surface area (TPSA) is 52.6 Å². The Bertz CT molecular complexity index is 757. The first kappa shape index (κ1) is 20.1. The fraction of sp³-hybridized carbons (Fsp3) is 0.417. The molecule has 2 aromatic rings. The number of carbonyl (C=O) groups is 2. The molecular formula is C24H28O4. The number of unbranched alkanes of at least 4 members (excludes halogenated alkanes) is 2. The van der Waals surface area contributed by atoms with E-state index in [4.69, 9.17) is 9.47 Å². The van der Waals surface area contributed by atoms with Gasteiger partial charge in [0.1, 0.15) is 12.2 Å². The molecule has 4 nitrogen and oxygen atoms in total. The number of benzene rings is 2. The van der Waals surface area contributed by atoms with E-state index in [2.05, 4.69) is 13.8 Å². The van der Waals surface area contributed by atoms with E-state index >= 15 is 0 Å². The zero-order valence-corrected chi connectivity index (χ0v) is 16.6. The van der Waals surface area contributed by atoms with E-state index in [0.29, 0.717) is 24.0 Å². The molecule has 0 fully saturated rings. The molecule has 0 N–H and O–H groups in total. The maximum absolute atomic E-state index is 13.0. The lowest BCUT2D eigenvalue weighted by molar-refractivity contribution is 0.0165. The molecule has 1 aliphatic rings. The monoisotopic (exact) mass is 380 g/mol. The van der Waals surface area contributed by atoms with Crippen LogP contribution < -0.4 is 0 Å². The smallest absolute Gasteiger partial charge is 0.339 e. The van der Waals surface area contributed by atoms with Gasteiger partial charge in [0.05, 0.1) is 11.1 Å². The summed E-state index contributed by atoms with van der Waals surface area (Å²) in [5, 5.41) is 0. The van der Waals surface area contributed by atoms with E-state index in [9.17, 15) is 9.59 Å². The summed E-state index contributed by atoms with van der Waals surface area (Å²) in [6.07, 6.45) is 4.20. The Morgan fingerprint density at radius 3 is 1.46 bits per heavy atom. The summed E-state index contributed by atoms with van der Waals surface area (Å²) >= 11 is 0. The number of hydrogen-bond donors (Lipinski definition) is 0. The van der Waals surface area contributed by atoms with Gasteiger partial charge in [-0.2, -0.15) is 0 Å². The minimum atomic E-state index is -0.462. The average Bonchev–Trinajstić information content (AvgIpc) is 2.73. The summed E-state index contributed by atoms with van der Waals surface area (Å²) in [6, 6.07) is 14.6. The molecule has 1 aliphatic heterocycles. The SMILES string of the molecule is CCCCC1OC(=O)c2ccccc2C(CCCC)OC(=O)c2ccccc21. The molecule has 0 aromatic heterocycles. The zero-order valence-electron chi connectivity index (χ0n) is 16.6. The highest BCUT2D eigenvalue weighted by Gasteiger charge is 2.30. The molecule has 0 saturated carbocycles. The molecule has 2 unspecified atom stereocenters. The molecule has 28 heavy (non-hydrogen) atoms. The van der Waals surface area contributed by atoms with Gasteiger partial charge in [-0.25, -0.2) is 9.59 Å². The van der Waals surface area contributed by atoms with Crippen LogP contribution in [0.3, 0.4) is 0 Å². The zero-order chi connectivity index (χ0) is 19.9. The van der Waals surface area contributed by atoms with Crippen molar-refractivity contribution in [1.29, 1.82) is 0 Å². The lowest BCUT2D eigenvalue weighted by atomic mass is 9.95. The highest BCUT2D eigenvalue weighted by molar-refractivity contribution is 5.94. The Morgan fingerprint density at radius 2 is 1.07 bits per heavy atom. The highest BCUT2D eigenvalue weighted by atomic mass is 16.6. The number of fused-ring (bicyclic) bond motifs is 2. The van der Waals surface area contributed by atoms with E-state index < -0.39 is 12.2 Å². The van der Waals surface area contributed by atoms with Crippen LogP contribution in [0.5, 0.6) is 0 Å². The second kappa shape index (κ2) is 9.54. The van der Waals surface area contributed by atoms with Crippen LogP contribution in [0.4, 0.5) is 0 Å². The minimum absolute atomic E-state index is 0.356. The van der Waals surface area contributed by atoms with Crippen LogP contribution in [0.2, 0.25) is 0 Å². The van der Waals surface area contributed by atoms with Crippen molar-refractivity contribution in [2.24, 2.45) is 0 Å². The summed E-state index contributed by atoms with van der Waals surface area (Å²) in [5.41, 5.74) is 2.42. The van der Waals surface area contributed by atoms with Crippen molar-refractivity contribution in [2.75, 3.05) is 0 Å². The Labute approximate surface area is 166 Å². The first-order valence-electron chi connectivity index (χ1n) is 10.3. The third-order valence-electron chi connectivity index (χ3n) is 5.19. The maximum atomic E-state index is 13.0. The van der Waals surface area contributed by atoms with Crippen LogP contribution in [0, 0.1) is 0 Å². The molecule has 0 amide bonds. The van der Waals surface area contributed by atoms with Crippen molar-refractivity contribution in [3.05, 3.63) is 70.8 Å². The van der Waals surface area contributed by atoms with Gasteiger partial charge in [-0.15, -0.1) is 0 Å². The molecule has 0 spiro atoms. The predicted octanol–water partition coefficient (Wildman–Crippen LogP) is 6.18. The number of esters is 2. The van der Waals surface area contributed by atoms with E-state index in [-0.39, 0.29) is 11.9 Å². The average molecular weight is 380 g/mol. The summed E-state index contributed by atoms with van der Waals surface area (Å²) in [7, 11) is 0. The second-order valence-corrected chi connectivity index (χ2v) is 7.25. The van der Waals surface area contributed by atoms with Crippen LogP contribution in [-0.4, -0.2) is 11.9 Å². The first-order valence-corrected chi connectivity index (χ1v) is 10.3. The van der Waals surface area contributed by atoms with E-state index in [1.54, 1.807) is 12.1 Å². The van der Waals surface area contributed by atoms with Gasteiger partial charge in [-0.1, -0.05) is 63.1 Å².